The molecule has 3 aromatic rings. The van der Waals surface area contributed by atoms with Gasteiger partial charge < -0.3 is 20.7 Å². The van der Waals surface area contributed by atoms with Crippen LogP contribution in [0.3, 0.4) is 0 Å². The summed E-state index contributed by atoms with van der Waals surface area (Å²) in [4.78, 5) is 24.5. The molecule has 0 atom stereocenters. The third-order valence-corrected chi connectivity index (χ3v) is 4.93. The molecule has 3 rings (SSSR count). The Kier molecular flexibility index (Phi) is 7.27. The van der Waals surface area contributed by atoms with E-state index in [-0.39, 0.29) is 12.5 Å². The van der Waals surface area contributed by atoms with Crippen molar-refractivity contribution < 1.29 is 14.3 Å². The first-order valence-corrected chi connectivity index (χ1v) is 10.1. The molecule has 0 unspecified atom stereocenters. The number of methoxy groups -OCH3 is 1. The quantitative estimate of drug-likeness (QED) is 0.523. The molecule has 160 valence electrons. The van der Waals surface area contributed by atoms with Gasteiger partial charge in [-0.3, -0.25) is 4.79 Å². The number of ether oxygens (including phenoxy) is 1. The van der Waals surface area contributed by atoms with Gasteiger partial charge in [-0.2, -0.15) is 0 Å². The van der Waals surface area contributed by atoms with Gasteiger partial charge in [-0.1, -0.05) is 48.5 Å². The van der Waals surface area contributed by atoms with E-state index in [1.54, 1.807) is 13.2 Å². The molecule has 6 nitrogen and oxygen atoms in total. The highest BCUT2D eigenvalue weighted by Gasteiger charge is 2.11. The zero-order chi connectivity index (χ0) is 22.2. The molecule has 0 bridgehead atoms. The number of nitrogens with one attached hydrogen (secondary N) is 3. The molecule has 31 heavy (non-hydrogen) atoms. The summed E-state index contributed by atoms with van der Waals surface area (Å²) in [6.07, 6.45) is 0.680. The monoisotopic (exact) mass is 417 g/mol. The highest BCUT2D eigenvalue weighted by molar-refractivity contribution is 5.97. The van der Waals surface area contributed by atoms with Crippen LogP contribution >= 0.6 is 0 Å². The molecular formula is C25H27N3O3. The van der Waals surface area contributed by atoms with E-state index in [0.717, 1.165) is 33.7 Å². The van der Waals surface area contributed by atoms with Crippen molar-refractivity contribution in [2.24, 2.45) is 0 Å². The topological polar surface area (TPSA) is 79.5 Å². The van der Waals surface area contributed by atoms with Crippen molar-refractivity contribution in [3.05, 3.63) is 89.0 Å². The van der Waals surface area contributed by atoms with Crippen LogP contribution in [-0.2, 0) is 11.2 Å². The number of para-hydroxylation sites is 1. The van der Waals surface area contributed by atoms with Crippen LogP contribution in [0, 0.1) is 13.8 Å². The third-order valence-electron chi connectivity index (χ3n) is 4.93. The number of hydrogen-bond acceptors (Lipinski definition) is 3. The van der Waals surface area contributed by atoms with Gasteiger partial charge in [-0.05, 0) is 48.7 Å². The number of carbonyl (C=O) groups excluding carboxylic acids is 2. The molecule has 3 amide bonds. The van der Waals surface area contributed by atoms with Crippen LogP contribution in [0.4, 0.5) is 16.2 Å². The third kappa shape index (κ3) is 6.09. The van der Waals surface area contributed by atoms with Gasteiger partial charge in [0.15, 0.2) is 0 Å². The van der Waals surface area contributed by atoms with Gasteiger partial charge in [-0.25, -0.2) is 4.79 Å². The highest BCUT2D eigenvalue weighted by atomic mass is 16.5. The highest BCUT2D eigenvalue weighted by Crippen LogP contribution is 2.25. The van der Waals surface area contributed by atoms with Crippen molar-refractivity contribution in [1.82, 2.24) is 5.32 Å². The predicted octanol–water partition coefficient (Wildman–Crippen LogP) is 4.66. The van der Waals surface area contributed by atoms with Crippen LogP contribution in [0.1, 0.15) is 22.3 Å². The lowest BCUT2D eigenvalue weighted by Crippen LogP contribution is -2.36. The Balaban J connectivity index is 1.58. The molecular weight excluding hydrogens is 390 g/mol. The fourth-order valence-corrected chi connectivity index (χ4v) is 3.34. The first-order chi connectivity index (χ1) is 15.0. The Bertz CT molecular complexity index is 1040. The fourth-order valence-electron chi connectivity index (χ4n) is 3.34. The lowest BCUT2D eigenvalue weighted by atomic mass is 10.0. The minimum atomic E-state index is -0.451. The average molecular weight is 418 g/mol. The fraction of sp³-hybridized carbons (Fsp3) is 0.200. The second-order valence-electron chi connectivity index (χ2n) is 7.31. The average Bonchev–Trinajstić information content (AvgIpc) is 2.76. The predicted molar refractivity (Wildman–Crippen MR) is 124 cm³/mol. The molecule has 0 radical (unpaired) electrons. The van der Waals surface area contributed by atoms with Crippen LogP contribution in [-0.4, -0.2) is 25.6 Å². The number of benzene rings is 3. The lowest BCUT2D eigenvalue weighted by molar-refractivity contribution is -0.115. The number of aryl methyl sites for hydroxylation is 2. The van der Waals surface area contributed by atoms with E-state index in [1.165, 1.54) is 0 Å². The molecule has 0 aliphatic heterocycles. The van der Waals surface area contributed by atoms with Gasteiger partial charge in [0, 0.05) is 23.4 Å². The summed E-state index contributed by atoms with van der Waals surface area (Å²) >= 11 is 0. The Hall–Kier alpha value is -3.80. The molecule has 6 heteroatoms. The minimum Gasteiger partial charge on any atom is -0.496 e. The maximum atomic E-state index is 12.3. The van der Waals surface area contributed by atoms with Crippen molar-refractivity contribution in [2.75, 3.05) is 24.3 Å². The summed E-state index contributed by atoms with van der Waals surface area (Å²) in [7, 11) is 1.62. The van der Waals surface area contributed by atoms with Gasteiger partial charge in [0.25, 0.3) is 0 Å². The van der Waals surface area contributed by atoms with Crippen molar-refractivity contribution in [1.29, 1.82) is 0 Å². The van der Waals surface area contributed by atoms with Crippen molar-refractivity contribution >= 4 is 23.3 Å². The second-order valence-corrected chi connectivity index (χ2v) is 7.31. The van der Waals surface area contributed by atoms with Crippen LogP contribution in [0.2, 0.25) is 0 Å². The van der Waals surface area contributed by atoms with E-state index in [1.807, 2.05) is 74.5 Å². The summed E-state index contributed by atoms with van der Waals surface area (Å²) in [5.41, 5.74) is 5.45. The number of anilines is 2. The van der Waals surface area contributed by atoms with Crippen LogP contribution in [0.5, 0.6) is 5.75 Å². The van der Waals surface area contributed by atoms with Gasteiger partial charge in [0.2, 0.25) is 5.91 Å². The summed E-state index contributed by atoms with van der Waals surface area (Å²) < 4.78 is 5.45. The molecule has 0 saturated carbocycles. The molecule has 0 spiro atoms. The maximum absolute atomic E-state index is 12.3. The molecule has 3 N–H and O–H groups in total. The zero-order valence-electron chi connectivity index (χ0n) is 18.0. The summed E-state index contributed by atoms with van der Waals surface area (Å²) in [6.45, 7) is 3.73. The molecule has 3 aromatic carbocycles. The first kappa shape index (κ1) is 21.9. The molecule has 0 aliphatic carbocycles. The minimum absolute atomic E-state index is 0.132. The Labute approximate surface area is 182 Å². The van der Waals surface area contributed by atoms with Crippen molar-refractivity contribution in [2.45, 2.75) is 20.3 Å². The normalized spacial score (nSPS) is 10.3. The van der Waals surface area contributed by atoms with Crippen LogP contribution < -0.4 is 20.7 Å². The van der Waals surface area contributed by atoms with Crippen molar-refractivity contribution in [3.63, 3.8) is 0 Å². The van der Waals surface area contributed by atoms with E-state index in [0.29, 0.717) is 12.1 Å². The molecule has 0 fully saturated rings. The number of hydrogen-bond donors (Lipinski definition) is 3. The molecule has 0 aromatic heterocycles. The summed E-state index contributed by atoms with van der Waals surface area (Å²) in [6, 6.07) is 20.8. The van der Waals surface area contributed by atoms with Crippen molar-refractivity contribution in [3.8, 4) is 5.75 Å². The summed E-state index contributed by atoms with van der Waals surface area (Å²) in [5.74, 6) is 0.467. The van der Waals surface area contributed by atoms with Gasteiger partial charge in [0.05, 0.1) is 13.7 Å². The number of urea groups is 1. The smallest absolute Gasteiger partial charge is 0.319 e. The van der Waals surface area contributed by atoms with E-state index in [2.05, 4.69) is 16.0 Å². The largest absolute Gasteiger partial charge is 0.496 e. The van der Waals surface area contributed by atoms with E-state index >= 15 is 0 Å². The standard InChI is InChI=1S/C25H27N3O3/c1-17-8-7-9-18(2)24(17)28-23(29)16-26-25(30)27-21-12-13-22(31-3)20(15-21)14-19-10-5-4-6-11-19/h4-13,15H,14,16H2,1-3H3,(H,28,29)(H2,26,27,30). The molecule has 0 saturated heterocycles. The number of amides is 3. The maximum Gasteiger partial charge on any atom is 0.319 e. The van der Waals surface area contributed by atoms with Gasteiger partial charge in [-0.15, -0.1) is 0 Å². The first-order valence-electron chi connectivity index (χ1n) is 10.1. The van der Waals surface area contributed by atoms with Crippen LogP contribution in [0.15, 0.2) is 66.7 Å². The SMILES string of the molecule is COc1ccc(NC(=O)NCC(=O)Nc2c(C)cccc2C)cc1Cc1ccccc1. The number of rotatable bonds is 7. The van der Waals surface area contributed by atoms with E-state index in [4.69, 9.17) is 4.74 Å². The summed E-state index contributed by atoms with van der Waals surface area (Å²) in [5, 5.41) is 8.22. The van der Waals surface area contributed by atoms with Crippen LogP contribution in [0.25, 0.3) is 0 Å². The van der Waals surface area contributed by atoms with Gasteiger partial charge in [0.1, 0.15) is 5.75 Å². The van der Waals surface area contributed by atoms with Gasteiger partial charge >= 0.3 is 6.03 Å². The Morgan fingerprint density at radius 3 is 2.26 bits per heavy atom. The lowest BCUT2D eigenvalue weighted by Gasteiger charge is -2.13. The number of carbonyl (C=O) groups is 2. The van der Waals surface area contributed by atoms with E-state index < -0.39 is 6.03 Å². The molecule has 0 heterocycles. The molecule has 0 aliphatic rings. The second kappa shape index (κ2) is 10.3. The zero-order valence-corrected chi connectivity index (χ0v) is 18.0. The Morgan fingerprint density at radius 1 is 0.871 bits per heavy atom. The Morgan fingerprint density at radius 2 is 1.58 bits per heavy atom. The van der Waals surface area contributed by atoms with E-state index in [9.17, 15) is 9.59 Å².